The largest absolute Gasteiger partial charge is 0.272 e. The molecular weight excluding hydrogens is 208 g/mol. The van der Waals surface area contributed by atoms with Gasteiger partial charge in [-0.3, -0.25) is 19.4 Å². The summed E-state index contributed by atoms with van der Waals surface area (Å²) >= 11 is 0. The molecule has 1 aromatic heterocycles. The zero-order valence-electron chi connectivity index (χ0n) is 8.97. The normalized spacial score (nSPS) is 15.9. The summed E-state index contributed by atoms with van der Waals surface area (Å²) in [7, 11) is 0. The van der Waals surface area contributed by atoms with Crippen LogP contribution in [0.2, 0.25) is 0 Å². The van der Waals surface area contributed by atoms with E-state index in [0.717, 1.165) is 16.3 Å². The van der Waals surface area contributed by atoms with Gasteiger partial charge in [-0.25, -0.2) is 0 Å². The molecule has 0 aromatic carbocycles. The van der Waals surface area contributed by atoms with Crippen molar-refractivity contribution in [2.24, 2.45) is 0 Å². The fourth-order valence-corrected chi connectivity index (χ4v) is 1.42. The molecule has 1 aliphatic heterocycles. The van der Waals surface area contributed by atoms with Gasteiger partial charge in [0.25, 0.3) is 11.8 Å². The zero-order valence-corrected chi connectivity index (χ0v) is 8.97. The summed E-state index contributed by atoms with van der Waals surface area (Å²) in [6.07, 6.45) is 2.15. The van der Waals surface area contributed by atoms with Crippen molar-refractivity contribution in [3.05, 3.63) is 29.6 Å². The number of hydrogen-bond donors (Lipinski definition) is 0. The van der Waals surface area contributed by atoms with E-state index in [0.29, 0.717) is 0 Å². The van der Waals surface area contributed by atoms with Crippen LogP contribution in [-0.4, -0.2) is 21.9 Å². The van der Waals surface area contributed by atoms with Crippen LogP contribution >= 0.6 is 0 Å². The lowest BCUT2D eigenvalue weighted by Crippen LogP contribution is -2.29. The van der Waals surface area contributed by atoms with Gasteiger partial charge in [-0.2, -0.15) is 5.06 Å². The zero-order chi connectivity index (χ0) is 11.5. The predicted molar refractivity (Wildman–Crippen MR) is 54.9 cm³/mol. The first-order valence-corrected chi connectivity index (χ1v) is 5.07. The number of rotatable bonds is 3. The van der Waals surface area contributed by atoms with E-state index in [1.165, 1.54) is 0 Å². The molecule has 0 unspecified atom stereocenters. The van der Waals surface area contributed by atoms with Gasteiger partial charge >= 0.3 is 0 Å². The third kappa shape index (κ3) is 2.25. The topological polar surface area (TPSA) is 59.5 Å². The molecule has 2 amide bonds. The Morgan fingerprint density at radius 1 is 1.31 bits per heavy atom. The summed E-state index contributed by atoms with van der Waals surface area (Å²) in [5.74, 6) is -0.546. The van der Waals surface area contributed by atoms with E-state index in [1.807, 2.05) is 19.1 Å². The van der Waals surface area contributed by atoms with Crippen molar-refractivity contribution in [1.82, 2.24) is 10.0 Å². The monoisotopic (exact) mass is 220 g/mol. The average molecular weight is 220 g/mol. The van der Waals surface area contributed by atoms with E-state index in [9.17, 15) is 9.59 Å². The SMILES string of the molecule is Cc1ccc(CON2C(=O)CCC2=O)cn1. The van der Waals surface area contributed by atoms with Gasteiger partial charge in [-0.15, -0.1) is 0 Å². The highest BCUT2D eigenvalue weighted by Gasteiger charge is 2.30. The van der Waals surface area contributed by atoms with Gasteiger partial charge in [-0.1, -0.05) is 6.07 Å². The van der Waals surface area contributed by atoms with Crippen molar-refractivity contribution >= 4 is 11.8 Å². The van der Waals surface area contributed by atoms with E-state index >= 15 is 0 Å². The Morgan fingerprint density at radius 2 is 2.00 bits per heavy atom. The fraction of sp³-hybridized carbons (Fsp3) is 0.364. The first-order valence-electron chi connectivity index (χ1n) is 5.07. The number of nitrogens with zero attached hydrogens (tertiary/aromatic N) is 2. The minimum absolute atomic E-state index is 0.185. The van der Waals surface area contributed by atoms with Crippen LogP contribution in [0.5, 0.6) is 0 Å². The Morgan fingerprint density at radius 3 is 2.56 bits per heavy atom. The minimum atomic E-state index is -0.273. The van der Waals surface area contributed by atoms with Gasteiger partial charge in [0, 0.05) is 24.7 Å². The molecular formula is C11H12N2O3. The molecule has 0 radical (unpaired) electrons. The molecule has 2 heterocycles. The second-order valence-corrected chi connectivity index (χ2v) is 3.66. The van der Waals surface area contributed by atoms with Gasteiger partial charge in [0.2, 0.25) is 0 Å². The molecule has 0 N–H and O–H groups in total. The molecule has 1 fully saturated rings. The molecule has 1 aromatic rings. The van der Waals surface area contributed by atoms with Crippen molar-refractivity contribution in [3.8, 4) is 0 Å². The van der Waals surface area contributed by atoms with E-state index in [4.69, 9.17) is 4.84 Å². The van der Waals surface area contributed by atoms with Crippen molar-refractivity contribution < 1.29 is 14.4 Å². The number of imide groups is 1. The number of hydrogen-bond acceptors (Lipinski definition) is 4. The number of aromatic nitrogens is 1. The minimum Gasteiger partial charge on any atom is -0.272 e. The van der Waals surface area contributed by atoms with Crippen molar-refractivity contribution in [2.45, 2.75) is 26.4 Å². The Hall–Kier alpha value is -1.75. The van der Waals surface area contributed by atoms with Crippen LogP contribution in [0.25, 0.3) is 0 Å². The maximum atomic E-state index is 11.2. The predicted octanol–water partition coefficient (Wildman–Crippen LogP) is 0.971. The number of carbonyl (C=O) groups is 2. The van der Waals surface area contributed by atoms with Gasteiger partial charge in [0.15, 0.2) is 0 Å². The molecule has 2 rings (SSSR count). The molecule has 5 heteroatoms. The van der Waals surface area contributed by atoms with Crippen LogP contribution in [0.15, 0.2) is 18.3 Å². The van der Waals surface area contributed by atoms with Crippen LogP contribution in [0.1, 0.15) is 24.1 Å². The van der Waals surface area contributed by atoms with Crippen LogP contribution in [0.4, 0.5) is 0 Å². The Kier molecular flexibility index (Phi) is 2.96. The molecule has 5 nitrogen and oxygen atoms in total. The van der Waals surface area contributed by atoms with Gasteiger partial charge in [0.1, 0.15) is 6.61 Å². The Balaban J connectivity index is 1.94. The number of aryl methyl sites for hydroxylation is 1. The van der Waals surface area contributed by atoms with E-state index < -0.39 is 0 Å². The maximum absolute atomic E-state index is 11.2. The molecule has 0 aliphatic carbocycles. The first kappa shape index (κ1) is 10.8. The van der Waals surface area contributed by atoms with Crippen LogP contribution in [-0.2, 0) is 21.0 Å². The van der Waals surface area contributed by atoms with Crippen LogP contribution in [0, 0.1) is 6.92 Å². The third-order valence-corrected chi connectivity index (χ3v) is 2.34. The summed E-state index contributed by atoms with van der Waals surface area (Å²) in [6, 6.07) is 3.71. The molecule has 0 saturated carbocycles. The van der Waals surface area contributed by atoms with Crippen molar-refractivity contribution in [3.63, 3.8) is 0 Å². The summed E-state index contributed by atoms with van der Waals surface area (Å²) in [4.78, 5) is 31.7. The maximum Gasteiger partial charge on any atom is 0.254 e. The lowest BCUT2D eigenvalue weighted by molar-refractivity contribution is -0.191. The quantitative estimate of drug-likeness (QED) is 0.712. The summed E-state index contributed by atoms with van der Waals surface area (Å²) < 4.78 is 0. The summed E-state index contributed by atoms with van der Waals surface area (Å²) in [6.45, 7) is 2.07. The number of carbonyl (C=O) groups excluding carboxylic acids is 2. The molecule has 84 valence electrons. The molecule has 0 spiro atoms. The lowest BCUT2D eigenvalue weighted by atomic mass is 10.3. The molecule has 0 atom stereocenters. The van der Waals surface area contributed by atoms with Gasteiger partial charge < -0.3 is 0 Å². The van der Waals surface area contributed by atoms with Crippen LogP contribution in [0.3, 0.4) is 0 Å². The average Bonchev–Trinajstić information content (AvgIpc) is 2.59. The summed E-state index contributed by atoms with van der Waals surface area (Å²) in [5, 5.41) is 0.847. The molecule has 1 aliphatic rings. The van der Waals surface area contributed by atoms with Crippen molar-refractivity contribution in [2.75, 3.05) is 0 Å². The third-order valence-electron chi connectivity index (χ3n) is 2.34. The first-order chi connectivity index (χ1) is 7.66. The lowest BCUT2D eigenvalue weighted by Gasteiger charge is -2.12. The highest BCUT2D eigenvalue weighted by Crippen LogP contribution is 2.13. The standard InChI is InChI=1S/C11H12N2O3/c1-8-2-3-9(6-12-8)7-16-13-10(14)4-5-11(13)15/h2-3,6H,4-5,7H2,1H3. The Labute approximate surface area is 93.0 Å². The number of amides is 2. The van der Waals surface area contributed by atoms with Gasteiger partial charge in [0.05, 0.1) is 0 Å². The van der Waals surface area contributed by atoms with Crippen LogP contribution < -0.4 is 0 Å². The highest BCUT2D eigenvalue weighted by atomic mass is 16.7. The second-order valence-electron chi connectivity index (χ2n) is 3.66. The summed E-state index contributed by atoms with van der Waals surface area (Å²) in [5.41, 5.74) is 1.75. The fourth-order valence-electron chi connectivity index (χ4n) is 1.42. The smallest absolute Gasteiger partial charge is 0.254 e. The number of pyridine rings is 1. The molecule has 0 bridgehead atoms. The molecule has 1 saturated heterocycles. The molecule has 16 heavy (non-hydrogen) atoms. The van der Waals surface area contributed by atoms with Crippen molar-refractivity contribution in [1.29, 1.82) is 0 Å². The number of hydroxylamine groups is 2. The highest BCUT2D eigenvalue weighted by molar-refractivity contribution is 6.00. The van der Waals surface area contributed by atoms with E-state index in [2.05, 4.69) is 4.98 Å². The van der Waals surface area contributed by atoms with Gasteiger partial charge in [-0.05, 0) is 18.6 Å². The second kappa shape index (κ2) is 4.40. The van der Waals surface area contributed by atoms with E-state index in [1.54, 1.807) is 6.20 Å². The Bertz CT molecular complexity index is 398. The van der Waals surface area contributed by atoms with E-state index in [-0.39, 0.29) is 31.3 Å².